The van der Waals surface area contributed by atoms with Crippen LogP contribution in [0.2, 0.25) is 5.02 Å². The fourth-order valence-corrected chi connectivity index (χ4v) is 1.74. The van der Waals surface area contributed by atoms with Crippen LogP contribution in [0.25, 0.3) is 0 Å². The molecule has 3 nitrogen and oxygen atoms in total. The number of nitrogens with one attached hydrogen (secondary N) is 1. The SMILES string of the molecule is Clc1cccnc1NCc1cncs1. The standard InChI is InChI=1S/C9H8ClN3S/c10-8-2-1-3-12-9(8)13-5-7-4-11-6-14-7/h1-4,6H,5H2,(H,12,13). The zero-order valence-electron chi connectivity index (χ0n) is 7.27. The molecule has 0 saturated heterocycles. The summed E-state index contributed by atoms with van der Waals surface area (Å²) in [6.45, 7) is 0.710. The number of nitrogens with zero attached hydrogens (tertiary/aromatic N) is 2. The number of pyridine rings is 1. The van der Waals surface area contributed by atoms with E-state index in [4.69, 9.17) is 11.6 Å². The number of hydrogen-bond acceptors (Lipinski definition) is 4. The van der Waals surface area contributed by atoms with Gasteiger partial charge >= 0.3 is 0 Å². The van der Waals surface area contributed by atoms with Crippen LogP contribution in [-0.2, 0) is 6.54 Å². The minimum Gasteiger partial charge on any atom is -0.364 e. The van der Waals surface area contributed by atoms with Crippen LogP contribution in [0, 0.1) is 0 Å². The van der Waals surface area contributed by atoms with Crippen molar-refractivity contribution in [3.63, 3.8) is 0 Å². The maximum atomic E-state index is 5.93. The number of halogens is 1. The molecule has 5 heteroatoms. The third-order valence-corrected chi connectivity index (χ3v) is 2.76. The average molecular weight is 226 g/mol. The van der Waals surface area contributed by atoms with Crippen molar-refractivity contribution in [2.75, 3.05) is 5.32 Å². The molecular weight excluding hydrogens is 218 g/mol. The van der Waals surface area contributed by atoms with Gasteiger partial charge in [0.1, 0.15) is 5.82 Å². The molecule has 0 aliphatic carbocycles. The van der Waals surface area contributed by atoms with E-state index in [2.05, 4.69) is 15.3 Å². The topological polar surface area (TPSA) is 37.8 Å². The molecule has 0 radical (unpaired) electrons. The highest BCUT2D eigenvalue weighted by Gasteiger charge is 2.00. The third-order valence-electron chi connectivity index (χ3n) is 1.67. The Morgan fingerprint density at radius 1 is 1.50 bits per heavy atom. The second-order valence-corrected chi connectivity index (χ2v) is 4.03. The second kappa shape index (κ2) is 4.39. The molecule has 14 heavy (non-hydrogen) atoms. The van der Waals surface area contributed by atoms with E-state index in [0.29, 0.717) is 17.4 Å². The van der Waals surface area contributed by atoms with E-state index in [9.17, 15) is 0 Å². The van der Waals surface area contributed by atoms with Crippen LogP contribution in [0.5, 0.6) is 0 Å². The van der Waals surface area contributed by atoms with E-state index in [1.807, 2.05) is 12.3 Å². The molecule has 0 bridgehead atoms. The summed E-state index contributed by atoms with van der Waals surface area (Å²) in [7, 11) is 0. The van der Waals surface area contributed by atoms with Gasteiger partial charge in [0.05, 0.1) is 17.1 Å². The first-order valence-electron chi connectivity index (χ1n) is 4.08. The van der Waals surface area contributed by atoms with Crippen molar-refractivity contribution in [2.24, 2.45) is 0 Å². The molecule has 0 fully saturated rings. The molecular formula is C9H8ClN3S. The molecule has 0 atom stereocenters. The van der Waals surface area contributed by atoms with Crippen LogP contribution < -0.4 is 5.32 Å². The van der Waals surface area contributed by atoms with Crippen molar-refractivity contribution in [1.82, 2.24) is 9.97 Å². The van der Waals surface area contributed by atoms with E-state index < -0.39 is 0 Å². The van der Waals surface area contributed by atoms with Crippen molar-refractivity contribution in [2.45, 2.75) is 6.54 Å². The van der Waals surface area contributed by atoms with Gasteiger partial charge in [0.2, 0.25) is 0 Å². The van der Waals surface area contributed by atoms with E-state index >= 15 is 0 Å². The van der Waals surface area contributed by atoms with Crippen molar-refractivity contribution in [3.05, 3.63) is 39.9 Å². The molecule has 0 aromatic carbocycles. The van der Waals surface area contributed by atoms with E-state index in [-0.39, 0.29) is 0 Å². The highest BCUT2D eigenvalue weighted by molar-refractivity contribution is 7.09. The highest BCUT2D eigenvalue weighted by atomic mass is 35.5. The van der Waals surface area contributed by atoms with E-state index in [1.54, 1.807) is 29.1 Å². The zero-order valence-corrected chi connectivity index (χ0v) is 8.85. The molecule has 2 rings (SSSR count). The monoisotopic (exact) mass is 225 g/mol. The Morgan fingerprint density at radius 2 is 2.43 bits per heavy atom. The first kappa shape index (κ1) is 9.43. The van der Waals surface area contributed by atoms with Gasteiger partial charge in [-0.25, -0.2) is 4.98 Å². The van der Waals surface area contributed by atoms with Gasteiger partial charge in [0.15, 0.2) is 0 Å². The quantitative estimate of drug-likeness (QED) is 0.873. The van der Waals surface area contributed by atoms with Gasteiger partial charge in [-0.2, -0.15) is 0 Å². The lowest BCUT2D eigenvalue weighted by Crippen LogP contribution is -1.99. The Bertz CT molecular complexity index is 402. The first-order chi connectivity index (χ1) is 6.86. The summed E-state index contributed by atoms with van der Waals surface area (Å²) in [6.07, 6.45) is 3.54. The molecule has 2 heterocycles. The third kappa shape index (κ3) is 2.21. The lowest BCUT2D eigenvalue weighted by atomic mass is 10.4. The van der Waals surface area contributed by atoms with Crippen LogP contribution in [0.15, 0.2) is 30.0 Å². The predicted molar refractivity (Wildman–Crippen MR) is 58.7 cm³/mol. The van der Waals surface area contributed by atoms with Gasteiger partial charge in [-0.15, -0.1) is 11.3 Å². The summed E-state index contributed by atoms with van der Waals surface area (Å²) < 4.78 is 0. The number of aromatic nitrogens is 2. The molecule has 0 amide bonds. The largest absolute Gasteiger partial charge is 0.364 e. The van der Waals surface area contributed by atoms with Crippen LogP contribution in [0.4, 0.5) is 5.82 Å². The summed E-state index contributed by atoms with van der Waals surface area (Å²) in [5, 5.41) is 3.78. The molecule has 72 valence electrons. The van der Waals surface area contributed by atoms with Crippen LogP contribution >= 0.6 is 22.9 Å². The smallest absolute Gasteiger partial charge is 0.145 e. The lowest BCUT2D eigenvalue weighted by Gasteiger charge is -2.04. The highest BCUT2D eigenvalue weighted by Crippen LogP contribution is 2.18. The maximum absolute atomic E-state index is 5.93. The fourth-order valence-electron chi connectivity index (χ4n) is 1.02. The van der Waals surface area contributed by atoms with Gasteiger partial charge < -0.3 is 5.32 Å². The molecule has 1 N–H and O–H groups in total. The molecule has 0 saturated carbocycles. The average Bonchev–Trinajstić information content (AvgIpc) is 2.69. The number of anilines is 1. The number of hydrogen-bond donors (Lipinski definition) is 1. The Morgan fingerprint density at radius 3 is 3.14 bits per heavy atom. The second-order valence-electron chi connectivity index (χ2n) is 2.66. The van der Waals surface area contributed by atoms with Gasteiger partial charge in [0, 0.05) is 17.3 Å². The first-order valence-corrected chi connectivity index (χ1v) is 5.34. The molecule has 2 aromatic heterocycles. The predicted octanol–water partition coefficient (Wildman–Crippen LogP) is 2.80. The Hall–Kier alpha value is -1.13. The molecule has 0 aliphatic heterocycles. The summed E-state index contributed by atoms with van der Waals surface area (Å²) in [5.74, 6) is 0.711. The van der Waals surface area contributed by atoms with Gasteiger partial charge in [-0.3, -0.25) is 4.98 Å². The van der Waals surface area contributed by atoms with Crippen LogP contribution in [0.1, 0.15) is 4.88 Å². The molecule has 0 unspecified atom stereocenters. The summed E-state index contributed by atoms with van der Waals surface area (Å²) in [6, 6.07) is 3.61. The van der Waals surface area contributed by atoms with Crippen molar-refractivity contribution < 1.29 is 0 Å². The van der Waals surface area contributed by atoms with Crippen molar-refractivity contribution >= 4 is 28.8 Å². The normalized spacial score (nSPS) is 10.1. The zero-order chi connectivity index (χ0) is 9.80. The fraction of sp³-hybridized carbons (Fsp3) is 0.111. The minimum absolute atomic E-state index is 0.636. The van der Waals surface area contributed by atoms with Gasteiger partial charge in [-0.05, 0) is 12.1 Å². The maximum Gasteiger partial charge on any atom is 0.145 e. The number of thiazole rings is 1. The van der Waals surface area contributed by atoms with Gasteiger partial charge in [0.25, 0.3) is 0 Å². The van der Waals surface area contributed by atoms with Crippen LogP contribution in [0.3, 0.4) is 0 Å². The van der Waals surface area contributed by atoms with Crippen LogP contribution in [-0.4, -0.2) is 9.97 Å². The van der Waals surface area contributed by atoms with Crippen molar-refractivity contribution in [3.8, 4) is 0 Å². The Balaban J connectivity index is 2.02. The molecule has 0 aliphatic rings. The summed E-state index contributed by atoms with van der Waals surface area (Å²) in [5.41, 5.74) is 1.80. The molecule has 2 aromatic rings. The lowest BCUT2D eigenvalue weighted by molar-refractivity contribution is 1.13. The Labute approximate surface area is 90.8 Å². The summed E-state index contributed by atoms with van der Waals surface area (Å²) >= 11 is 7.53. The minimum atomic E-state index is 0.636. The summed E-state index contributed by atoms with van der Waals surface area (Å²) in [4.78, 5) is 9.26. The van der Waals surface area contributed by atoms with E-state index in [1.165, 1.54) is 0 Å². The van der Waals surface area contributed by atoms with Crippen molar-refractivity contribution in [1.29, 1.82) is 0 Å². The van der Waals surface area contributed by atoms with Gasteiger partial charge in [-0.1, -0.05) is 11.6 Å². The van der Waals surface area contributed by atoms with E-state index in [0.717, 1.165) is 4.88 Å². The Kier molecular flexibility index (Phi) is 2.96. The molecule has 0 spiro atoms. The number of rotatable bonds is 3.